The van der Waals surface area contributed by atoms with Crippen molar-refractivity contribution >= 4 is 11.9 Å². The van der Waals surface area contributed by atoms with Crippen molar-refractivity contribution < 1.29 is 47.5 Å². The molecule has 0 bridgehead atoms. The van der Waals surface area contributed by atoms with Crippen LogP contribution in [0.5, 0.6) is 23.0 Å². The van der Waals surface area contributed by atoms with Crippen LogP contribution in [0.15, 0.2) is 60.7 Å². The van der Waals surface area contributed by atoms with Gasteiger partial charge in [0.05, 0.1) is 39.6 Å². The van der Waals surface area contributed by atoms with Gasteiger partial charge in [-0.15, -0.1) is 0 Å². The molecule has 3 aromatic rings. The Hall–Kier alpha value is -4.28. The summed E-state index contributed by atoms with van der Waals surface area (Å²) in [7, 11) is 0. The molecule has 2 unspecified atom stereocenters. The molecule has 3 aromatic carbocycles. The molecule has 2 saturated carbocycles. The second-order valence-corrected chi connectivity index (χ2v) is 19.3. The summed E-state index contributed by atoms with van der Waals surface area (Å²) in [6.45, 7) is 8.08. The summed E-state index contributed by atoms with van der Waals surface area (Å²) in [5.41, 5.74) is 3.31. The van der Waals surface area contributed by atoms with Crippen LogP contribution >= 0.6 is 0 Å². The van der Waals surface area contributed by atoms with Gasteiger partial charge in [-0.3, -0.25) is 0 Å². The molecule has 2 atom stereocenters. The molecule has 0 N–H and O–H groups in total. The van der Waals surface area contributed by atoms with Crippen LogP contribution in [0.3, 0.4) is 0 Å². The van der Waals surface area contributed by atoms with Crippen molar-refractivity contribution in [3.8, 4) is 23.0 Å². The van der Waals surface area contributed by atoms with Crippen LogP contribution in [0.2, 0.25) is 0 Å². The van der Waals surface area contributed by atoms with E-state index in [9.17, 15) is 9.59 Å². The third-order valence-corrected chi connectivity index (χ3v) is 14.0. The second kappa shape index (κ2) is 26.9. The van der Waals surface area contributed by atoms with Crippen LogP contribution in [-0.2, 0) is 18.9 Å². The Labute approximate surface area is 395 Å². The molecule has 362 valence electrons. The first-order chi connectivity index (χ1) is 32.4. The van der Waals surface area contributed by atoms with Crippen LogP contribution in [-0.4, -0.2) is 77.0 Å². The quantitative estimate of drug-likeness (QED) is 0.0364. The molecule has 0 aromatic heterocycles. The molecule has 0 radical (unpaired) electrons. The lowest BCUT2D eigenvalue weighted by atomic mass is 9.77. The Balaban J connectivity index is 0.834. The molecular weight excluding hydrogens is 833 g/mol. The Bertz CT molecular complexity index is 1730. The minimum Gasteiger partial charge on any atom is -0.494 e. The minimum atomic E-state index is -0.551. The van der Waals surface area contributed by atoms with Crippen molar-refractivity contribution in [1.29, 1.82) is 0 Å². The summed E-state index contributed by atoms with van der Waals surface area (Å²) in [6, 6.07) is 20.6. The van der Waals surface area contributed by atoms with E-state index in [2.05, 4.69) is 62.4 Å². The number of epoxide rings is 2. The average Bonchev–Trinajstić information content (AvgIpc) is 4.30. The molecule has 0 spiro atoms. The van der Waals surface area contributed by atoms with Gasteiger partial charge in [-0.05, 0) is 174 Å². The van der Waals surface area contributed by atoms with Crippen LogP contribution in [0, 0.1) is 11.8 Å². The number of esters is 2. The first-order valence-electron chi connectivity index (χ1n) is 25.9. The molecule has 7 rings (SSSR count). The highest BCUT2D eigenvalue weighted by atomic mass is 16.6. The van der Waals surface area contributed by atoms with Crippen molar-refractivity contribution in [2.75, 3.05) is 52.9 Å². The number of rotatable bonds is 30. The number of carbonyl (C=O) groups is 2. The maximum absolute atomic E-state index is 13.4. The maximum Gasteiger partial charge on any atom is 0.342 e. The van der Waals surface area contributed by atoms with Crippen LogP contribution < -0.4 is 18.9 Å². The molecule has 10 heteroatoms. The van der Waals surface area contributed by atoms with Gasteiger partial charge in [0, 0.05) is 0 Å². The molecule has 4 aliphatic rings. The highest BCUT2D eigenvalue weighted by molar-refractivity contribution is 5.98. The summed E-state index contributed by atoms with van der Waals surface area (Å²) in [4.78, 5) is 26.9. The SMILES string of the molecule is CCCC1CCC(c2ccc(OCCCCCCOc3cc(C(=O)OCC4CO4)c(OCCCCCCOc4ccc(C5CCC(CCC)CC5)cc4)cc3C(=O)OCC3CO3)cc2)CC1. The zero-order valence-electron chi connectivity index (χ0n) is 40.1. The van der Waals surface area contributed by atoms with E-state index in [-0.39, 0.29) is 48.0 Å². The Morgan fingerprint density at radius 1 is 0.485 bits per heavy atom. The lowest BCUT2D eigenvalue weighted by molar-refractivity contribution is 0.0455. The van der Waals surface area contributed by atoms with Gasteiger partial charge in [-0.1, -0.05) is 63.8 Å². The van der Waals surface area contributed by atoms with Gasteiger partial charge in [-0.2, -0.15) is 0 Å². The number of unbranched alkanes of at least 4 members (excludes halogenated alkanes) is 6. The van der Waals surface area contributed by atoms with Crippen LogP contribution in [0.4, 0.5) is 0 Å². The zero-order valence-corrected chi connectivity index (χ0v) is 40.1. The van der Waals surface area contributed by atoms with E-state index in [1.54, 1.807) is 12.1 Å². The predicted molar refractivity (Wildman–Crippen MR) is 258 cm³/mol. The zero-order chi connectivity index (χ0) is 45.8. The molecule has 4 fully saturated rings. The highest BCUT2D eigenvalue weighted by Gasteiger charge is 2.30. The highest BCUT2D eigenvalue weighted by Crippen LogP contribution is 2.39. The number of benzene rings is 3. The third kappa shape index (κ3) is 16.5. The summed E-state index contributed by atoms with van der Waals surface area (Å²) >= 11 is 0. The van der Waals surface area contributed by atoms with Gasteiger partial charge in [-0.25, -0.2) is 9.59 Å². The van der Waals surface area contributed by atoms with Crippen molar-refractivity contribution in [3.63, 3.8) is 0 Å². The van der Waals surface area contributed by atoms with Gasteiger partial charge in [0.25, 0.3) is 0 Å². The first kappa shape index (κ1) is 49.6. The molecule has 2 aliphatic heterocycles. The smallest absolute Gasteiger partial charge is 0.342 e. The van der Waals surface area contributed by atoms with Crippen LogP contribution in [0.1, 0.15) is 186 Å². The predicted octanol–water partition coefficient (Wildman–Crippen LogP) is 13.0. The molecule has 2 aliphatic carbocycles. The van der Waals surface area contributed by atoms with Gasteiger partial charge in [0.1, 0.15) is 59.5 Å². The average molecular weight is 911 g/mol. The van der Waals surface area contributed by atoms with Gasteiger partial charge in [0.15, 0.2) is 0 Å². The monoisotopic (exact) mass is 911 g/mol. The summed E-state index contributed by atoms with van der Waals surface area (Å²) in [6.07, 6.45) is 23.0. The maximum atomic E-state index is 13.4. The van der Waals surface area contributed by atoms with E-state index in [1.165, 1.54) is 88.2 Å². The topological polar surface area (TPSA) is 115 Å². The van der Waals surface area contributed by atoms with E-state index in [0.717, 1.165) is 74.7 Å². The standard InChI is InChI=1S/C56H78O10/c1-3-13-41-15-19-43(20-16-41)45-23-27-47(28-24-45)59-31-9-5-7-11-33-61-53-35-52(56(58)66-40-50-38-64-50)54(36-51(53)55(57)65-39-49-37-63-49)62-34-12-8-6-10-32-60-48-29-25-46(26-30-48)44-21-17-42(14-4-2)18-22-44/h23-30,35-36,41-44,49-50H,3-22,31-34,37-40H2,1-2H3. The second-order valence-electron chi connectivity index (χ2n) is 19.3. The first-order valence-corrected chi connectivity index (χ1v) is 25.9. The van der Waals surface area contributed by atoms with Gasteiger partial charge in [0.2, 0.25) is 0 Å². The number of hydrogen-bond donors (Lipinski definition) is 0. The largest absolute Gasteiger partial charge is 0.494 e. The van der Waals surface area contributed by atoms with Crippen molar-refractivity contribution in [2.24, 2.45) is 11.8 Å². The van der Waals surface area contributed by atoms with E-state index < -0.39 is 11.9 Å². The fourth-order valence-corrected chi connectivity index (χ4v) is 9.86. The number of hydrogen-bond acceptors (Lipinski definition) is 10. The summed E-state index contributed by atoms with van der Waals surface area (Å²) < 4.78 is 46.3. The van der Waals surface area contributed by atoms with Gasteiger partial charge >= 0.3 is 11.9 Å². The van der Waals surface area contributed by atoms with E-state index >= 15 is 0 Å². The third-order valence-electron chi connectivity index (χ3n) is 14.0. The van der Waals surface area contributed by atoms with E-state index in [4.69, 9.17) is 37.9 Å². The molecule has 0 amide bonds. The molecular formula is C56H78O10. The van der Waals surface area contributed by atoms with E-state index in [1.807, 2.05) is 0 Å². The summed E-state index contributed by atoms with van der Waals surface area (Å²) in [5, 5.41) is 0. The number of carbonyl (C=O) groups excluding carboxylic acids is 2. The minimum absolute atomic E-state index is 0.0905. The lowest BCUT2D eigenvalue weighted by Gasteiger charge is -2.28. The Morgan fingerprint density at radius 2 is 0.833 bits per heavy atom. The van der Waals surface area contributed by atoms with Crippen molar-refractivity contribution in [3.05, 3.63) is 82.9 Å². The lowest BCUT2D eigenvalue weighted by Crippen LogP contribution is -2.16. The fraction of sp³-hybridized carbons (Fsp3) is 0.643. The molecule has 66 heavy (non-hydrogen) atoms. The molecule has 2 heterocycles. The fourth-order valence-electron chi connectivity index (χ4n) is 9.86. The van der Waals surface area contributed by atoms with Gasteiger partial charge < -0.3 is 37.9 Å². The van der Waals surface area contributed by atoms with Crippen LogP contribution in [0.25, 0.3) is 0 Å². The summed E-state index contributed by atoms with van der Waals surface area (Å²) in [5.74, 6) is 4.47. The Morgan fingerprint density at radius 3 is 1.17 bits per heavy atom. The molecule has 2 saturated heterocycles. The van der Waals surface area contributed by atoms with E-state index in [0.29, 0.717) is 51.5 Å². The Kier molecular flexibility index (Phi) is 20.2. The van der Waals surface area contributed by atoms with Crippen molar-refractivity contribution in [1.82, 2.24) is 0 Å². The number of ether oxygens (including phenoxy) is 8. The normalized spacial score (nSPS) is 22.3. The van der Waals surface area contributed by atoms with Crippen molar-refractivity contribution in [2.45, 2.75) is 166 Å². The molecule has 10 nitrogen and oxygen atoms in total.